The molecule has 0 spiro atoms. The lowest BCUT2D eigenvalue weighted by Gasteiger charge is -2.36. The maximum atomic E-state index is 13.5. The predicted molar refractivity (Wildman–Crippen MR) is 72.9 cm³/mol. The van der Waals surface area contributed by atoms with E-state index in [1.807, 2.05) is 0 Å². The predicted octanol–water partition coefficient (Wildman–Crippen LogP) is 3.44. The molecule has 1 fully saturated rings. The average molecular weight is 283 g/mol. The van der Waals surface area contributed by atoms with E-state index in [1.165, 1.54) is 12.1 Å². The highest BCUT2D eigenvalue weighted by atomic mass is 35.5. The number of nitrogens with zero attached hydrogens (tertiary/aromatic N) is 2. The van der Waals surface area contributed by atoms with E-state index in [2.05, 4.69) is 16.5 Å². The van der Waals surface area contributed by atoms with Gasteiger partial charge in [-0.3, -0.25) is 0 Å². The fraction of sp³-hybridized carbons (Fsp3) is 0.500. The molecule has 0 radical (unpaired) electrons. The Morgan fingerprint density at radius 1 is 1.53 bits per heavy atom. The lowest BCUT2D eigenvalue weighted by molar-refractivity contribution is 0.0104. The third-order valence-corrected chi connectivity index (χ3v) is 4.00. The van der Waals surface area contributed by atoms with Gasteiger partial charge in [-0.2, -0.15) is 0 Å². The molecule has 2 heterocycles. The molecule has 0 saturated carbocycles. The summed E-state index contributed by atoms with van der Waals surface area (Å²) in [4.78, 5) is 4.50. The van der Waals surface area contributed by atoms with E-state index < -0.39 is 0 Å². The van der Waals surface area contributed by atoms with Crippen LogP contribution in [0.25, 0.3) is 11.0 Å². The number of alkyl halides is 1. The SMILES string of the molecule is CC1(n2c(CCl)nc3ccc(F)cc32)CCCOC1. The van der Waals surface area contributed by atoms with Crippen molar-refractivity contribution in [3.8, 4) is 0 Å². The molecule has 1 aromatic heterocycles. The number of hydrogen-bond acceptors (Lipinski definition) is 2. The summed E-state index contributed by atoms with van der Waals surface area (Å²) in [5, 5.41) is 0. The molecule has 0 bridgehead atoms. The van der Waals surface area contributed by atoms with Gasteiger partial charge < -0.3 is 9.30 Å². The van der Waals surface area contributed by atoms with Crippen LogP contribution in [0.2, 0.25) is 0 Å². The molecular weight excluding hydrogens is 267 g/mol. The largest absolute Gasteiger partial charge is 0.379 e. The molecule has 5 heteroatoms. The van der Waals surface area contributed by atoms with E-state index in [9.17, 15) is 4.39 Å². The molecule has 1 aliphatic heterocycles. The first-order valence-electron chi connectivity index (χ1n) is 6.45. The number of rotatable bonds is 2. The fourth-order valence-electron chi connectivity index (χ4n) is 2.89. The summed E-state index contributed by atoms with van der Waals surface area (Å²) >= 11 is 6.01. The number of aromatic nitrogens is 2. The van der Waals surface area contributed by atoms with Gasteiger partial charge in [0.25, 0.3) is 0 Å². The van der Waals surface area contributed by atoms with E-state index in [1.54, 1.807) is 6.07 Å². The van der Waals surface area contributed by atoms with Crippen LogP contribution in [-0.2, 0) is 16.2 Å². The summed E-state index contributed by atoms with van der Waals surface area (Å²) in [5.74, 6) is 0.830. The minimum absolute atomic E-state index is 0.203. The third-order valence-electron chi connectivity index (χ3n) is 3.76. The van der Waals surface area contributed by atoms with Gasteiger partial charge in [0.1, 0.15) is 11.6 Å². The molecule has 1 saturated heterocycles. The van der Waals surface area contributed by atoms with Gasteiger partial charge in [0.05, 0.1) is 29.1 Å². The molecule has 1 aliphatic rings. The molecule has 3 rings (SSSR count). The number of benzene rings is 1. The van der Waals surface area contributed by atoms with Crippen molar-refractivity contribution in [2.24, 2.45) is 0 Å². The van der Waals surface area contributed by atoms with Crippen molar-refractivity contribution in [2.75, 3.05) is 13.2 Å². The minimum atomic E-state index is -0.255. The highest BCUT2D eigenvalue weighted by Crippen LogP contribution is 2.33. The van der Waals surface area contributed by atoms with Crippen LogP contribution < -0.4 is 0 Å². The zero-order chi connectivity index (χ0) is 13.5. The van der Waals surface area contributed by atoms with E-state index in [0.717, 1.165) is 36.3 Å². The zero-order valence-corrected chi connectivity index (χ0v) is 11.6. The second kappa shape index (κ2) is 4.76. The van der Waals surface area contributed by atoms with E-state index in [0.29, 0.717) is 12.5 Å². The molecule has 102 valence electrons. The molecule has 1 aromatic carbocycles. The summed E-state index contributed by atoms with van der Waals surface area (Å²) in [7, 11) is 0. The maximum Gasteiger partial charge on any atom is 0.125 e. The molecule has 1 atom stereocenters. The number of ether oxygens (including phenoxy) is 1. The van der Waals surface area contributed by atoms with Gasteiger partial charge >= 0.3 is 0 Å². The maximum absolute atomic E-state index is 13.5. The highest BCUT2D eigenvalue weighted by molar-refractivity contribution is 6.16. The van der Waals surface area contributed by atoms with Crippen LogP contribution in [-0.4, -0.2) is 22.8 Å². The van der Waals surface area contributed by atoms with Crippen LogP contribution in [0.3, 0.4) is 0 Å². The van der Waals surface area contributed by atoms with Crippen LogP contribution in [0.15, 0.2) is 18.2 Å². The monoisotopic (exact) mass is 282 g/mol. The number of hydrogen-bond donors (Lipinski definition) is 0. The Morgan fingerprint density at radius 3 is 3.05 bits per heavy atom. The Labute approximate surface area is 116 Å². The van der Waals surface area contributed by atoms with Crippen molar-refractivity contribution in [1.82, 2.24) is 9.55 Å². The van der Waals surface area contributed by atoms with Crippen molar-refractivity contribution >= 4 is 22.6 Å². The number of halogens is 2. The summed E-state index contributed by atoms with van der Waals surface area (Å²) in [6, 6.07) is 4.65. The van der Waals surface area contributed by atoms with Crippen LogP contribution in [0.1, 0.15) is 25.6 Å². The van der Waals surface area contributed by atoms with Crippen molar-refractivity contribution in [3.63, 3.8) is 0 Å². The Bertz CT molecular complexity index is 605. The molecule has 19 heavy (non-hydrogen) atoms. The minimum Gasteiger partial charge on any atom is -0.379 e. The summed E-state index contributed by atoms with van der Waals surface area (Å²) in [5.41, 5.74) is 1.37. The molecule has 2 aromatic rings. The summed E-state index contributed by atoms with van der Waals surface area (Å²) < 4.78 is 21.2. The standard InChI is InChI=1S/C14H16ClFN2O/c1-14(5-2-6-19-9-14)18-12-7-10(16)3-4-11(12)17-13(18)8-15/h3-4,7H,2,5-6,8-9H2,1H3. The first kappa shape index (κ1) is 12.9. The van der Waals surface area contributed by atoms with E-state index in [4.69, 9.17) is 16.3 Å². The van der Waals surface area contributed by atoms with Crippen LogP contribution in [0.5, 0.6) is 0 Å². The van der Waals surface area contributed by atoms with Crippen LogP contribution in [0, 0.1) is 5.82 Å². The van der Waals surface area contributed by atoms with Crippen molar-refractivity contribution in [1.29, 1.82) is 0 Å². The normalized spacial score (nSPS) is 23.9. The molecule has 0 amide bonds. The Balaban J connectivity index is 2.22. The Morgan fingerprint density at radius 2 is 2.37 bits per heavy atom. The van der Waals surface area contributed by atoms with Crippen molar-refractivity contribution in [2.45, 2.75) is 31.2 Å². The molecular formula is C14H16ClFN2O. The Kier molecular flexibility index (Phi) is 3.23. The zero-order valence-electron chi connectivity index (χ0n) is 10.8. The molecule has 0 aliphatic carbocycles. The van der Waals surface area contributed by atoms with Gasteiger partial charge in [0.15, 0.2) is 0 Å². The van der Waals surface area contributed by atoms with Gasteiger partial charge in [-0.25, -0.2) is 9.37 Å². The molecule has 0 N–H and O–H groups in total. The van der Waals surface area contributed by atoms with E-state index >= 15 is 0 Å². The second-order valence-corrected chi connectivity index (χ2v) is 5.55. The van der Waals surface area contributed by atoms with Crippen LogP contribution >= 0.6 is 11.6 Å². The summed E-state index contributed by atoms with van der Waals surface area (Å²) in [6.07, 6.45) is 1.98. The van der Waals surface area contributed by atoms with Gasteiger partial charge in [-0.05, 0) is 38.0 Å². The summed E-state index contributed by atoms with van der Waals surface area (Å²) in [6.45, 7) is 3.51. The fourth-order valence-corrected chi connectivity index (χ4v) is 3.07. The first-order valence-corrected chi connectivity index (χ1v) is 6.98. The lowest BCUT2D eigenvalue weighted by atomic mass is 9.94. The topological polar surface area (TPSA) is 27.1 Å². The van der Waals surface area contributed by atoms with Crippen LogP contribution in [0.4, 0.5) is 4.39 Å². The quantitative estimate of drug-likeness (QED) is 0.789. The smallest absolute Gasteiger partial charge is 0.125 e. The number of fused-ring (bicyclic) bond motifs is 1. The Hall–Kier alpha value is -1.13. The van der Waals surface area contributed by atoms with Crippen molar-refractivity contribution in [3.05, 3.63) is 29.8 Å². The molecule has 3 nitrogen and oxygen atoms in total. The number of imidazole rings is 1. The van der Waals surface area contributed by atoms with Gasteiger partial charge in [-0.15, -0.1) is 11.6 Å². The molecule has 1 unspecified atom stereocenters. The van der Waals surface area contributed by atoms with Gasteiger partial charge in [0.2, 0.25) is 0 Å². The first-order chi connectivity index (χ1) is 9.14. The van der Waals surface area contributed by atoms with Crippen molar-refractivity contribution < 1.29 is 9.13 Å². The third kappa shape index (κ3) is 2.13. The van der Waals surface area contributed by atoms with Gasteiger partial charge in [0, 0.05) is 6.61 Å². The van der Waals surface area contributed by atoms with Gasteiger partial charge in [-0.1, -0.05) is 0 Å². The highest BCUT2D eigenvalue weighted by Gasteiger charge is 2.33. The second-order valence-electron chi connectivity index (χ2n) is 5.28. The van der Waals surface area contributed by atoms with E-state index in [-0.39, 0.29) is 11.4 Å². The lowest BCUT2D eigenvalue weighted by Crippen LogP contribution is -2.39. The average Bonchev–Trinajstić information content (AvgIpc) is 2.78.